The number of nitrogens with one attached hydrogen (secondary N) is 2. The Bertz CT molecular complexity index is 668. The number of para-hydroxylation sites is 1. The summed E-state index contributed by atoms with van der Waals surface area (Å²) in [7, 11) is 1.88. The van der Waals surface area contributed by atoms with Gasteiger partial charge in [0.2, 0.25) is 0 Å². The van der Waals surface area contributed by atoms with Gasteiger partial charge in [0.15, 0.2) is 18.2 Å². The van der Waals surface area contributed by atoms with E-state index >= 15 is 0 Å². The SMILES string of the molecule is CNC(C)Cc1noc(-c2cccc3c2OCC(=O)N3)n1. The molecule has 2 aromatic rings. The fourth-order valence-electron chi connectivity index (χ4n) is 2.11. The van der Waals surface area contributed by atoms with Crippen LogP contribution in [0.1, 0.15) is 12.7 Å². The van der Waals surface area contributed by atoms with Crippen molar-refractivity contribution < 1.29 is 14.1 Å². The molecule has 1 aliphatic heterocycles. The molecule has 1 aromatic carbocycles. The number of hydrogen-bond donors (Lipinski definition) is 2. The molecule has 0 aliphatic carbocycles. The van der Waals surface area contributed by atoms with Gasteiger partial charge in [0.05, 0.1) is 11.3 Å². The molecule has 0 saturated heterocycles. The lowest BCUT2D eigenvalue weighted by Gasteiger charge is -2.19. The summed E-state index contributed by atoms with van der Waals surface area (Å²) in [5.41, 5.74) is 1.30. The zero-order valence-corrected chi connectivity index (χ0v) is 11.8. The van der Waals surface area contributed by atoms with Crippen LogP contribution in [0.2, 0.25) is 0 Å². The Morgan fingerprint density at radius 3 is 3.14 bits per heavy atom. The highest BCUT2D eigenvalue weighted by Gasteiger charge is 2.22. The third-order valence-electron chi connectivity index (χ3n) is 3.32. The third kappa shape index (κ3) is 2.73. The van der Waals surface area contributed by atoms with E-state index in [-0.39, 0.29) is 18.6 Å². The lowest BCUT2D eigenvalue weighted by atomic mass is 10.1. The Labute approximate surface area is 121 Å². The van der Waals surface area contributed by atoms with E-state index in [0.717, 1.165) is 0 Å². The Morgan fingerprint density at radius 2 is 2.33 bits per heavy atom. The fourth-order valence-corrected chi connectivity index (χ4v) is 2.11. The Balaban J connectivity index is 1.91. The molecule has 1 aromatic heterocycles. The van der Waals surface area contributed by atoms with Gasteiger partial charge in [-0.1, -0.05) is 11.2 Å². The summed E-state index contributed by atoms with van der Waals surface area (Å²) < 4.78 is 10.8. The van der Waals surface area contributed by atoms with E-state index in [4.69, 9.17) is 9.26 Å². The van der Waals surface area contributed by atoms with Crippen LogP contribution in [0.5, 0.6) is 5.75 Å². The summed E-state index contributed by atoms with van der Waals surface area (Å²) in [6.45, 7) is 2.03. The van der Waals surface area contributed by atoms with Gasteiger partial charge in [-0.15, -0.1) is 0 Å². The van der Waals surface area contributed by atoms with Crippen LogP contribution in [0.15, 0.2) is 22.7 Å². The van der Waals surface area contributed by atoms with Crippen molar-refractivity contribution in [3.05, 3.63) is 24.0 Å². The Kier molecular flexibility index (Phi) is 3.57. The second kappa shape index (κ2) is 5.53. The number of hydrogen-bond acceptors (Lipinski definition) is 6. The van der Waals surface area contributed by atoms with Gasteiger partial charge in [0, 0.05) is 12.5 Å². The number of fused-ring (bicyclic) bond motifs is 1. The zero-order valence-electron chi connectivity index (χ0n) is 11.8. The lowest BCUT2D eigenvalue weighted by molar-refractivity contribution is -0.118. The molecule has 1 aliphatic rings. The summed E-state index contributed by atoms with van der Waals surface area (Å²) in [6, 6.07) is 5.67. The number of ether oxygens (including phenoxy) is 1. The predicted molar refractivity (Wildman–Crippen MR) is 76.1 cm³/mol. The van der Waals surface area contributed by atoms with E-state index in [1.165, 1.54) is 0 Å². The summed E-state index contributed by atoms with van der Waals surface area (Å²) in [5, 5.41) is 9.85. The minimum atomic E-state index is -0.172. The molecule has 0 saturated carbocycles. The van der Waals surface area contributed by atoms with Gasteiger partial charge >= 0.3 is 0 Å². The topological polar surface area (TPSA) is 89.3 Å². The highest BCUT2D eigenvalue weighted by atomic mass is 16.5. The quantitative estimate of drug-likeness (QED) is 0.879. The van der Waals surface area contributed by atoms with Crippen LogP contribution in [-0.2, 0) is 11.2 Å². The third-order valence-corrected chi connectivity index (χ3v) is 3.32. The number of likely N-dealkylation sites (N-methyl/N-ethyl adjacent to an activating group) is 1. The molecule has 21 heavy (non-hydrogen) atoms. The Morgan fingerprint density at radius 1 is 1.48 bits per heavy atom. The molecular weight excluding hydrogens is 272 g/mol. The number of nitrogens with zero attached hydrogens (tertiary/aromatic N) is 2. The number of amides is 1. The highest BCUT2D eigenvalue weighted by Crippen LogP contribution is 2.37. The standard InChI is InChI=1S/C14H16N4O3/c1-8(15-2)6-11-17-14(21-18-11)9-4-3-5-10-13(9)20-7-12(19)16-10/h3-5,8,15H,6-7H2,1-2H3,(H,16,19). The number of carbonyl (C=O) groups is 1. The number of carbonyl (C=O) groups excluding carboxylic acids is 1. The van der Waals surface area contributed by atoms with Crippen molar-refractivity contribution in [1.82, 2.24) is 15.5 Å². The van der Waals surface area contributed by atoms with Crippen LogP contribution in [0.25, 0.3) is 11.5 Å². The van der Waals surface area contributed by atoms with Gasteiger partial charge in [0.1, 0.15) is 0 Å². The first-order chi connectivity index (χ1) is 10.2. The smallest absolute Gasteiger partial charge is 0.262 e. The van der Waals surface area contributed by atoms with Crippen molar-refractivity contribution in [2.45, 2.75) is 19.4 Å². The van der Waals surface area contributed by atoms with Crippen molar-refractivity contribution in [2.24, 2.45) is 0 Å². The largest absolute Gasteiger partial charge is 0.481 e. The van der Waals surface area contributed by atoms with Gasteiger partial charge in [0.25, 0.3) is 11.8 Å². The molecule has 0 bridgehead atoms. The summed E-state index contributed by atoms with van der Waals surface area (Å²) in [5.74, 6) is 1.41. The molecule has 7 nitrogen and oxygen atoms in total. The number of aromatic nitrogens is 2. The maximum Gasteiger partial charge on any atom is 0.262 e. The van der Waals surface area contributed by atoms with E-state index < -0.39 is 0 Å². The number of benzene rings is 1. The van der Waals surface area contributed by atoms with Crippen LogP contribution >= 0.6 is 0 Å². The van der Waals surface area contributed by atoms with Crippen molar-refractivity contribution in [1.29, 1.82) is 0 Å². The molecule has 3 rings (SSSR count). The van der Waals surface area contributed by atoms with Crippen LogP contribution in [0.3, 0.4) is 0 Å². The molecular formula is C14H16N4O3. The average Bonchev–Trinajstić information content (AvgIpc) is 2.94. The van der Waals surface area contributed by atoms with E-state index in [2.05, 4.69) is 20.8 Å². The maximum absolute atomic E-state index is 11.3. The number of anilines is 1. The first-order valence-corrected chi connectivity index (χ1v) is 6.73. The molecule has 0 fully saturated rings. The van der Waals surface area contributed by atoms with Crippen LogP contribution in [-0.4, -0.2) is 35.7 Å². The summed E-state index contributed by atoms with van der Waals surface area (Å²) >= 11 is 0. The molecule has 1 amide bonds. The Hall–Kier alpha value is -2.41. The molecule has 7 heteroatoms. The second-order valence-corrected chi connectivity index (χ2v) is 4.93. The van der Waals surface area contributed by atoms with Crippen LogP contribution < -0.4 is 15.4 Å². The molecule has 2 N–H and O–H groups in total. The first-order valence-electron chi connectivity index (χ1n) is 6.73. The van der Waals surface area contributed by atoms with Crippen LogP contribution in [0.4, 0.5) is 5.69 Å². The van der Waals surface area contributed by atoms with Crippen molar-refractivity contribution >= 4 is 11.6 Å². The minimum absolute atomic E-state index is 0.0121. The highest BCUT2D eigenvalue weighted by molar-refractivity contribution is 5.97. The van der Waals surface area contributed by atoms with Crippen molar-refractivity contribution in [2.75, 3.05) is 19.0 Å². The zero-order chi connectivity index (χ0) is 14.8. The van der Waals surface area contributed by atoms with Gasteiger partial charge < -0.3 is 19.9 Å². The molecule has 0 radical (unpaired) electrons. The fraction of sp³-hybridized carbons (Fsp3) is 0.357. The lowest BCUT2D eigenvalue weighted by Crippen LogP contribution is -2.25. The van der Waals surface area contributed by atoms with Gasteiger partial charge in [-0.2, -0.15) is 4.98 Å². The number of rotatable bonds is 4. The monoisotopic (exact) mass is 288 g/mol. The van der Waals surface area contributed by atoms with Crippen molar-refractivity contribution in [3.8, 4) is 17.2 Å². The van der Waals surface area contributed by atoms with E-state index in [1.807, 2.05) is 26.1 Å². The van der Waals surface area contributed by atoms with E-state index in [9.17, 15) is 4.79 Å². The molecule has 110 valence electrons. The predicted octanol–water partition coefficient (Wildman–Crippen LogP) is 1.22. The van der Waals surface area contributed by atoms with Crippen LogP contribution in [0, 0.1) is 0 Å². The van der Waals surface area contributed by atoms with Gasteiger partial charge in [-0.25, -0.2) is 0 Å². The first kappa shape index (κ1) is 13.6. The molecule has 2 heterocycles. The molecule has 1 unspecified atom stereocenters. The van der Waals surface area contributed by atoms with Gasteiger partial charge in [-0.3, -0.25) is 4.79 Å². The van der Waals surface area contributed by atoms with Crippen molar-refractivity contribution in [3.63, 3.8) is 0 Å². The van der Waals surface area contributed by atoms with Gasteiger partial charge in [-0.05, 0) is 26.1 Å². The maximum atomic E-state index is 11.3. The minimum Gasteiger partial charge on any atom is -0.481 e. The van der Waals surface area contributed by atoms with E-state index in [0.29, 0.717) is 35.1 Å². The normalized spacial score (nSPS) is 15.0. The molecule has 1 atom stereocenters. The second-order valence-electron chi connectivity index (χ2n) is 4.93. The summed E-state index contributed by atoms with van der Waals surface area (Å²) in [6.07, 6.45) is 0.673. The molecule has 0 spiro atoms. The van der Waals surface area contributed by atoms with E-state index in [1.54, 1.807) is 6.07 Å². The average molecular weight is 288 g/mol. The summed E-state index contributed by atoms with van der Waals surface area (Å²) in [4.78, 5) is 15.7.